The van der Waals surface area contributed by atoms with E-state index in [0.717, 1.165) is 18.4 Å². The molecule has 0 bridgehead atoms. The highest BCUT2D eigenvalue weighted by Crippen LogP contribution is 2.17. The Kier molecular flexibility index (Phi) is 5.31. The fourth-order valence-corrected chi connectivity index (χ4v) is 2.40. The van der Waals surface area contributed by atoms with Gasteiger partial charge in [0.15, 0.2) is 5.69 Å². The minimum atomic E-state index is -1.01. The number of carboxylic acid groups (broad SMARTS) is 1. The van der Waals surface area contributed by atoms with Gasteiger partial charge >= 0.3 is 5.97 Å². The summed E-state index contributed by atoms with van der Waals surface area (Å²) < 4.78 is 1.71. The first-order valence-electron chi connectivity index (χ1n) is 7.77. The van der Waals surface area contributed by atoms with Gasteiger partial charge < -0.3 is 5.11 Å². The highest BCUT2D eigenvalue weighted by Gasteiger charge is 2.18. The van der Waals surface area contributed by atoms with Crippen LogP contribution in [0.3, 0.4) is 0 Å². The van der Waals surface area contributed by atoms with Gasteiger partial charge in [-0.1, -0.05) is 56.7 Å². The standard InChI is InChI=1S/C17H23N3O2/c1-4-5-6-15-16(17(21)22)18-19-20(15)11-13-7-9-14(10-8-13)12(2)3/h7-10,12H,4-6,11H2,1-3H3,(H,21,22). The van der Waals surface area contributed by atoms with E-state index in [1.165, 1.54) is 5.56 Å². The molecule has 0 amide bonds. The normalized spacial score (nSPS) is 11.1. The Balaban J connectivity index is 2.22. The number of aromatic nitrogens is 3. The molecule has 0 fully saturated rings. The van der Waals surface area contributed by atoms with Gasteiger partial charge in [0.25, 0.3) is 0 Å². The second kappa shape index (κ2) is 7.20. The summed E-state index contributed by atoms with van der Waals surface area (Å²) in [5, 5.41) is 17.1. The molecular formula is C17H23N3O2. The van der Waals surface area contributed by atoms with E-state index >= 15 is 0 Å². The molecule has 1 N–H and O–H groups in total. The van der Waals surface area contributed by atoms with Crippen molar-refractivity contribution >= 4 is 5.97 Å². The van der Waals surface area contributed by atoms with Gasteiger partial charge in [0.1, 0.15) is 0 Å². The predicted octanol–water partition coefficient (Wildman–Crippen LogP) is 3.49. The van der Waals surface area contributed by atoms with Crippen molar-refractivity contribution in [3.05, 3.63) is 46.8 Å². The number of carboxylic acids is 1. The van der Waals surface area contributed by atoms with Crippen LogP contribution >= 0.6 is 0 Å². The lowest BCUT2D eigenvalue weighted by atomic mass is 10.0. The Morgan fingerprint density at radius 3 is 2.50 bits per heavy atom. The van der Waals surface area contributed by atoms with E-state index in [-0.39, 0.29) is 5.69 Å². The van der Waals surface area contributed by atoms with Crippen LogP contribution in [0.25, 0.3) is 0 Å². The summed E-state index contributed by atoms with van der Waals surface area (Å²) in [7, 11) is 0. The summed E-state index contributed by atoms with van der Waals surface area (Å²) in [4.78, 5) is 11.3. The quantitative estimate of drug-likeness (QED) is 0.850. The average molecular weight is 301 g/mol. The third-order valence-electron chi connectivity index (χ3n) is 3.79. The third-order valence-corrected chi connectivity index (χ3v) is 3.79. The second-order valence-electron chi connectivity index (χ2n) is 5.85. The summed E-state index contributed by atoms with van der Waals surface area (Å²) in [6.07, 6.45) is 2.63. The van der Waals surface area contributed by atoms with E-state index in [1.807, 2.05) is 0 Å². The first-order valence-corrected chi connectivity index (χ1v) is 7.77. The molecule has 5 nitrogen and oxygen atoms in total. The smallest absolute Gasteiger partial charge is 0.358 e. The molecule has 2 rings (SSSR count). The minimum Gasteiger partial charge on any atom is -0.476 e. The summed E-state index contributed by atoms with van der Waals surface area (Å²) in [6.45, 7) is 6.96. The van der Waals surface area contributed by atoms with Gasteiger partial charge in [-0.05, 0) is 29.9 Å². The van der Waals surface area contributed by atoms with Gasteiger partial charge in [0.2, 0.25) is 0 Å². The molecule has 0 radical (unpaired) electrons. The van der Waals surface area contributed by atoms with E-state index in [0.29, 0.717) is 24.6 Å². The molecule has 2 aromatic rings. The largest absolute Gasteiger partial charge is 0.476 e. The van der Waals surface area contributed by atoms with Crippen LogP contribution in [0.2, 0.25) is 0 Å². The molecule has 0 saturated heterocycles. The number of hydrogen-bond donors (Lipinski definition) is 1. The van der Waals surface area contributed by atoms with Crippen LogP contribution < -0.4 is 0 Å². The van der Waals surface area contributed by atoms with Gasteiger partial charge in [-0.3, -0.25) is 0 Å². The Morgan fingerprint density at radius 2 is 1.95 bits per heavy atom. The van der Waals surface area contributed by atoms with Crippen molar-refractivity contribution in [1.29, 1.82) is 0 Å². The maximum Gasteiger partial charge on any atom is 0.358 e. The molecule has 0 spiro atoms. The van der Waals surface area contributed by atoms with E-state index in [2.05, 4.69) is 55.3 Å². The van der Waals surface area contributed by atoms with Crippen LogP contribution in [-0.2, 0) is 13.0 Å². The van der Waals surface area contributed by atoms with Crippen LogP contribution in [0, 0.1) is 0 Å². The van der Waals surface area contributed by atoms with Gasteiger partial charge in [-0.25, -0.2) is 9.48 Å². The van der Waals surface area contributed by atoms with Crippen molar-refractivity contribution in [2.75, 3.05) is 0 Å². The molecule has 0 aliphatic rings. The third kappa shape index (κ3) is 3.72. The maximum absolute atomic E-state index is 11.3. The van der Waals surface area contributed by atoms with E-state index in [1.54, 1.807) is 4.68 Å². The van der Waals surface area contributed by atoms with Gasteiger partial charge in [-0.2, -0.15) is 0 Å². The van der Waals surface area contributed by atoms with Crippen molar-refractivity contribution in [3.63, 3.8) is 0 Å². The maximum atomic E-state index is 11.3. The molecular weight excluding hydrogens is 278 g/mol. The summed E-state index contributed by atoms with van der Waals surface area (Å²) in [6, 6.07) is 8.36. The molecule has 1 aromatic carbocycles. The van der Waals surface area contributed by atoms with E-state index < -0.39 is 5.97 Å². The van der Waals surface area contributed by atoms with Gasteiger partial charge in [0.05, 0.1) is 12.2 Å². The number of rotatable bonds is 7. The van der Waals surface area contributed by atoms with Gasteiger partial charge in [-0.15, -0.1) is 5.10 Å². The van der Waals surface area contributed by atoms with Crippen molar-refractivity contribution in [2.45, 2.75) is 52.5 Å². The molecule has 22 heavy (non-hydrogen) atoms. The zero-order valence-corrected chi connectivity index (χ0v) is 13.4. The fraction of sp³-hybridized carbons (Fsp3) is 0.471. The molecule has 0 unspecified atom stereocenters. The lowest BCUT2D eigenvalue weighted by molar-refractivity contribution is 0.0689. The highest BCUT2D eigenvalue weighted by atomic mass is 16.4. The SMILES string of the molecule is CCCCc1c(C(=O)O)nnn1Cc1ccc(C(C)C)cc1. The number of unbranched alkanes of at least 4 members (excludes halogenated alkanes) is 1. The van der Waals surface area contributed by atoms with Crippen molar-refractivity contribution < 1.29 is 9.90 Å². The number of aromatic carboxylic acids is 1. The Bertz CT molecular complexity index is 630. The Labute approximate surface area is 131 Å². The fourth-order valence-electron chi connectivity index (χ4n) is 2.40. The lowest BCUT2D eigenvalue weighted by Crippen LogP contribution is -2.09. The molecule has 1 heterocycles. The van der Waals surface area contributed by atoms with Crippen LogP contribution in [0.15, 0.2) is 24.3 Å². The minimum absolute atomic E-state index is 0.0762. The molecule has 0 saturated carbocycles. The molecule has 118 valence electrons. The summed E-state index contributed by atoms with van der Waals surface area (Å²) >= 11 is 0. The molecule has 0 aliphatic heterocycles. The van der Waals surface area contributed by atoms with Crippen molar-refractivity contribution in [3.8, 4) is 0 Å². The van der Waals surface area contributed by atoms with Crippen LogP contribution in [0.5, 0.6) is 0 Å². The van der Waals surface area contributed by atoms with E-state index in [9.17, 15) is 9.90 Å². The van der Waals surface area contributed by atoms with Crippen molar-refractivity contribution in [1.82, 2.24) is 15.0 Å². The molecule has 1 aromatic heterocycles. The number of benzene rings is 1. The first-order chi connectivity index (χ1) is 10.5. The monoisotopic (exact) mass is 301 g/mol. The topological polar surface area (TPSA) is 68.0 Å². The van der Waals surface area contributed by atoms with Crippen LogP contribution in [0.1, 0.15) is 66.8 Å². The second-order valence-corrected chi connectivity index (χ2v) is 5.85. The van der Waals surface area contributed by atoms with E-state index in [4.69, 9.17) is 0 Å². The zero-order valence-electron chi connectivity index (χ0n) is 13.4. The van der Waals surface area contributed by atoms with Crippen LogP contribution in [0.4, 0.5) is 0 Å². The summed E-state index contributed by atoms with van der Waals surface area (Å²) in [5.74, 6) is -0.508. The van der Waals surface area contributed by atoms with Crippen molar-refractivity contribution in [2.24, 2.45) is 0 Å². The van der Waals surface area contributed by atoms with Gasteiger partial charge in [0, 0.05) is 0 Å². The Hall–Kier alpha value is -2.17. The number of hydrogen-bond acceptors (Lipinski definition) is 3. The van der Waals surface area contributed by atoms with Crippen LogP contribution in [-0.4, -0.2) is 26.1 Å². The summed E-state index contributed by atoms with van der Waals surface area (Å²) in [5.41, 5.74) is 3.18. The molecule has 0 aliphatic carbocycles. The highest BCUT2D eigenvalue weighted by molar-refractivity contribution is 5.86. The molecule has 0 atom stereocenters. The Morgan fingerprint density at radius 1 is 1.27 bits per heavy atom. The number of nitrogens with zero attached hydrogens (tertiary/aromatic N) is 3. The predicted molar refractivity (Wildman–Crippen MR) is 85.2 cm³/mol. The average Bonchev–Trinajstić information content (AvgIpc) is 2.88. The first kappa shape index (κ1) is 16.2. The molecule has 5 heteroatoms. The number of carbonyl (C=O) groups is 1. The lowest BCUT2D eigenvalue weighted by Gasteiger charge is -2.09. The zero-order chi connectivity index (χ0) is 16.1.